The Morgan fingerprint density at radius 1 is 1.26 bits per heavy atom. The van der Waals surface area contributed by atoms with Crippen molar-refractivity contribution in [3.63, 3.8) is 0 Å². The molecule has 19 heavy (non-hydrogen) atoms. The number of furan rings is 1. The van der Waals surface area contributed by atoms with E-state index in [1.807, 2.05) is 31.2 Å². The third kappa shape index (κ3) is 3.63. The maximum atomic E-state index is 5.64. The van der Waals surface area contributed by atoms with Crippen molar-refractivity contribution in [3.05, 3.63) is 51.9 Å². The molecule has 0 N–H and O–H groups in total. The van der Waals surface area contributed by atoms with Crippen LogP contribution in [0.15, 0.2) is 39.2 Å². The van der Waals surface area contributed by atoms with Gasteiger partial charge < -0.3 is 9.15 Å². The smallest absolute Gasteiger partial charge is 0.133 e. The zero-order valence-corrected chi connectivity index (χ0v) is 14.1. The average molecular weight is 388 g/mol. The lowest BCUT2D eigenvalue weighted by Gasteiger charge is -2.11. The third-order valence-corrected chi connectivity index (χ3v) is 4.32. The summed E-state index contributed by atoms with van der Waals surface area (Å²) in [6.45, 7) is 4.77. The van der Waals surface area contributed by atoms with E-state index in [0.717, 1.165) is 40.3 Å². The van der Waals surface area contributed by atoms with Crippen LogP contribution in [0.5, 0.6) is 5.75 Å². The Bertz CT molecular complexity index is 549. The summed E-state index contributed by atoms with van der Waals surface area (Å²) in [5.74, 6) is 2.70. The molecule has 102 valence electrons. The maximum absolute atomic E-state index is 5.64. The van der Waals surface area contributed by atoms with E-state index < -0.39 is 0 Å². The van der Waals surface area contributed by atoms with E-state index in [0.29, 0.717) is 0 Å². The molecule has 1 aromatic heterocycles. The van der Waals surface area contributed by atoms with E-state index in [9.17, 15) is 0 Å². The number of aryl methyl sites for hydroxylation is 1. The molecule has 0 bridgehead atoms. The van der Waals surface area contributed by atoms with Crippen LogP contribution in [0.2, 0.25) is 0 Å². The highest BCUT2D eigenvalue weighted by Gasteiger charge is 2.15. The lowest BCUT2D eigenvalue weighted by molar-refractivity contribution is 0.315. The molecule has 2 aromatic rings. The third-order valence-electron chi connectivity index (χ3n) is 2.72. The van der Waals surface area contributed by atoms with Gasteiger partial charge in [0, 0.05) is 0 Å². The first-order valence-electron chi connectivity index (χ1n) is 6.24. The van der Waals surface area contributed by atoms with Crippen molar-refractivity contribution in [2.45, 2.75) is 25.1 Å². The average Bonchev–Trinajstić information content (AvgIpc) is 2.83. The second kappa shape index (κ2) is 6.62. The van der Waals surface area contributed by atoms with E-state index in [1.54, 1.807) is 0 Å². The minimum Gasteiger partial charge on any atom is -0.492 e. The number of halogens is 2. The van der Waals surface area contributed by atoms with Crippen LogP contribution in [0.1, 0.15) is 35.3 Å². The quantitative estimate of drug-likeness (QED) is 0.621. The Morgan fingerprint density at radius 3 is 2.63 bits per heavy atom. The summed E-state index contributed by atoms with van der Waals surface area (Å²) in [7, 11) is 0. The largest absolute Gasteiger partial charge is 0.492 e. The molecule has 2 rings (SSSR count). The molecule has 1 heterocycles. The van der Waals surface area contributed by atoms with Crippen molar-refractivity contribution in [1.82, 2.24) is 0 Å². The summed E-state index contributed by atoms with van der Waals surface area (Å²) < 4.78 is 12.3. The molecule has 0 aliphatic carbocycles. The van der Waals surface area contributed by atoms with Gasteiger partial charge in [0.2, 0.25) is 0 Å². The Hall–Kier alpha value is -0.740. The summed E-state index contributed by atoms with van der Waals surface area (Å²) >= 11 is 7.21. The Labute approximate surface area is 130 Å². The Kier molecular flexibility index (Phi) is 5.11. The van der Waals surface area contributed by atoms with Gasteiger partial charge in [-0.2, -0.15) is 0 Å². The number of hydrogen-bond acceptors (Lipinski definition) is 2. The fourth-order valence-corrected chi connectivity index (χ4v) is 2.80. The number of hydrogen-bond donors (Lipinski definition) is 0. The first kappa shape index (κ1) is 14.7. The van der Waals surface area contributed by atoms with E-state index in [2.05, 4.69) is 44.8 Å². The number of rotatable bonds is 5. The van der Waals surface area contributed by atoms with Gasteiger partial charge in [0.1, 0.15) is 17.3 Å². The number of ether oxygens (including phenoxy) is 1. The van der Waals surface area contributed by atoms with Gasteiger partial charge in [0.05, 0.1) is 15.9 Å². The van der Waals surface area contributed by atoms with Gasteiger partial charge in [0.25, 0.3) is 0 Å². The monoisotopic (exact) mass is 386 g/mol. The molecule has 0 aliphatic heterocycles. The van der Waals surface area contributed by atoms with Crippen molar-refractivity contribution >= 4 is 31.9 Å². The van der Waals surface area contributed by atoms with Crippen molar-refractivity contribution in [1.29, 1.82) is 0 Å². The van der Waals surface area contributed by atoms with Crippen LogP contribution >= 0.6 is 31.9 Å². The molecule has 1 atom stereocenters. The maximum Gasteiger partial charge on any atom is 0.133 e. The molecule has 1 unspecified atom stereocenters. The van der Waals surface area contributed by atoms with Gasteiger partial charge in [-0.05, 0) is 59.1 Å². The van der Waals surface area contributed by atoms with Crippen molar-refractivity contribution < 1.29 is 9.15 Å². The molecule has 1 aromatic carbocycles. The molecule has 2 nitrogen and oxygen atoms in total. The number of alkyl halides is 1. The van der Waals surface area contributed by atoms with Crippen molar-refractivity contribution in [3.8, 4) is 5.75 Å². The van der Waals surface area contributed by atoms with E-state index >= 15 is 0 Å². The predicted octanol–water partition coefficient (Wildman–Crippen LogP) is 5.62. The van der Waals surface area contributed by atoms with Crippen LogP contribution < -0.4 is 4.74 Å². The van der Waals surface area contributed by atoms with Gasteiger partial charge in [-0.25, -0.2) is 0 Å². The molecule has 4 heteroatoms. The molecule has 0 saturated heterocycles. The van der Waals surface area contributed by atoms with E-state index in [4.69, 9.17) is 9.15 Å². The van der Waals surface area contributed by atoms with Crippen LogP contribution in [0, 0.1) is 6.92 Å². The van der Waals surface area contributed by atoms with Crippen LogP contribution in [0.25, 0.3) is 0 Å². The van der Waals surface area contributed by atoms with Crippen LogP contribution in [-0.2, 0) is 0 Å². The lowest BCUT2D eigenvalue weighted by atomic mass is 10.1. The number of benzene rings is 1. The first-order chi connectivity index (χ1) is 9.11. The minimum absolute atomic E-state index is 0.0534. The predicted molar refractivity (Wildman–Crippen MR) is 84.1 cm³/mol. The molecule has 0 aliphatic rings. The Morgan fingerprint density at radius 2 is 2.05 bits per heavy atom. The zero-order chi connectivity index (χ0) is 13.8. The highest BCUT2D eigenvalue weighted by molar-refractivity contribution is 9.10. The fraction of sp³-hybridized carbons (Fsp3) is 0.333. The molecule has 0 amide bonds. The molecule has 0 radical (unpaired) electrons. The minimum atomic E-state index is 0.0534. The van der Waals surface area contributed by atoms with Gasteiger partial charge >= 0.3 is 0 Å². The molecule has 0 saturated carbocycles. The lowest BCUT2D eigenvalue weighted by Crippen LogP contribution is -1.97. The molecular formula is C15H16Br2O2. The fourth-order valence-electron chi connectivity index (χ4n) is 1.76. The summed E-state index contributed by atoms with van der Waals surface area (Å²) in [5, 5.41) is 0. The van der Waals surface area contributed by atoms with Crippen LogP contribution in [0.3, 0.4) is 0 Å². The topological polar surface area (TPSA) is 22.4 Å². The summed E-state index contributed by atoms with van der Waals surface area (Å²) in [6, 6.07) is 10.1. The standard InChI is InChI=1S/C15H16Br2O2/c1-3-8-18-13-7-5-11(9-12(13)16)15(17)14-6-4-10(2)19-14/h4-7,9,15H,3,8H2,1-2H3. The van der Waals surface area contributed by atoms with E-state index in [1.165, 1.54) is 0 Å². The van der Waals surface area contributed by atoms with Crippen LogP contribution in [0.4, 0.5) is 0 Å². The van der Waals surface area contributed by atoms with Gasteiger partial charge in [-0.1, -0.05) is 28.9 Å². The van der Waals surface area contributed by atoms with Gasteiger partial charge in [-0.3, -0.25) is 0 Å². The SMILES string of the molecule is CCCOc1ccc(C(Br)c2ccc(C)o2)cc1Br. The van der Waals surface area contributed by atoms with Gasteiger partial charge in [-0.15, -0.1) is 0 Å². The molecule has 0 fully saturated rings. The molecular weight excluding hydrogens is 372 g/mol. The van der Waals surface area contributed by atoms with Gasteiger partial charge in [0.15, 0.2) is 0 Å². The van der Waals surface area contributed by atoms with E-state index in [-0.39, 0.29) is 4.83 Å². The summed E-state index contributed by atoms with van der Waals surface area (Å²) in [6.07, 6.45) is 1.00. The Balaban J connectivity index is 2.19. The normalized spacial score (nSPS) is 12.4. The zero-order valence-electron chi connectivity index (χ0n) is 11.0. The molecule has 0 spiro atoms. The second-order valence-electron chi connectivity index (χ2n) is 4.35. The highest BCUT2D eigenvalue weighted by Crippen LogP contribution is 2.36. The summed E-state index contributed by atoms with van der Waals surface area (Å²) in [5.41, 5.74) is 1.13. The van der Waals surface area contributed by atoms with Crippen molar-refractivity contribution in [2.75, 3.05) is 6.61 Å². The highest BCUT2D eigenvalue weighted by atomic mass is 79.9. The second-order valence-corrected chi connectivity index (χ2v) is 6.12. The summed E-state index contributed by atoms with van der Waals surface area (Å²) in [4.78, 5) is 0.0534. The first-order valence-corrected chi connectivity index (χ1v) is 7.95. The van der Waals surface area contributed by atoms with Crippen LogP contribution in [-0.4, -0.2) is 6.61 Å². The van der Waals surface area contributed by atoms with Crippen molar-refractivity contribution in [2.24, 2.45) is 0 Å².